The molecule has 1 saturated carbocycles. The Labute approximate surface area is 107 Å². The first-order valence-electron chi connectivity index (χ1n) is 7.26. The smallest absolute Gasteiger partial charge is 0.0422 e. The van der Waals surface area contributed by atoms with Crippen LogP contribution in [0.4, 0.5) is 0 Å². The third-order valence-corrected chi connectivity index (χ3v) is 4.89. The highest BCUT2D eigenvalue weighted by Crippen LogP contribution is 2.38. The third-order valence-electron chi connectivity index (χ3n) is 4.89. The second-order valence-corrected chi connectivity index (χ2v) is 5.78. The van der Waals surface area contributed by atoms with Gasteiger partial charge in [0.2, 0.25) is 0 Å². The normalized spacial score (nSPS) is 22.1. The molecule has 3 nitrogen and oxygen atoms in total. The largest absolute Gasteiger partial charge is 0.302 e. The molecule has 0 aromatic rings. The minimum absolute atomic E-state index is 0.268. The molecule has 1 aliphatic carbocycles. The number of hydrogen-bond donors (Lipinski definition) is 2. The lowest BCUT2D eigenvalue weighted by Gasteiger charge is -2.50. The Morgan fingerprint density at radius 3 is 2.00 bits per heavy atom. The van der Waals surface area contributed by atoms with Gasteiger partial charge >= 0.3 is 0 Å². The van der Waals surface area contributed by atoms with Crippen LogP contribution in [0.15, 0.2) is 0 Å². The molecule has 0 aliphatic heterocycles. The molecular weight excluding hydrogens is 210 g/mol. The molecule has 0 saturated heterocycles. The first kappa shape index (κ1) is 14.9. The summed E-state index contributed by atoms with van der Waals surface area (Å²) < 4.78 is 0. The molecule has 1 unspecified atom stereocenters. The number of hydrogen-bond acceptors (Lipinski definition) is 3. The number of nitrogens with two attached hydrogens (primary N) is 1. The molecule has 3 N–H and O–H groups in total. The molecule has 3 heteroatoms. The highest BCUT2D eigenvalue weighted by atomic mass is 15.3. The summed E-state index contributed by atoms with van der Waals surface area (Å²) in [7, 11) is 4.44. The van der Waals surface area contributed by atoms with Crippen LogP contribution in [0, 0.1) is 5.92 Å². The monoisotopic (exact) mass is 241 g/mol. The summed E-state index contributed by atoms with van der Waals surface area (Å²) in [5.41, 5.74) is 3.42. The van der Waals surface area contributed by atoms with Gasteiger partial charge in [0.1, 0.15) is 0 Å². The van der Waals surface area contributed by atoms with E-state index < -0.39 is 0 Å². The van der Waals surface area contributed by atoms with Crippen molar-refractivity contribution in [2.45, 2.75) is 70.4 Å². The van der Waals surface area contributed by atoms with Crippen molar-refractivity contribution in [3.63, 3.8) is 0 Å². The van der Waals surface area contributed by atoms with Gasteiger partial charge in [-0.1, -0.05) is 46.0 Å². The van der Waals surface area contributed by atoms with Gasteiger partial charge in [0, 0.05) is 11.6 Å². The SMILES string of the molecule is CCC(CC)C(NN)C1(N(C)C)CCCCC1. The van der Waals surface area contributed by atoms with E-state index >= 15 is 0 Å². The molecule has 0 amide bonds. The molecule has 102 valence electrons. The van der Waals surface area contributed by atoms with Gasteiger partial charge in [-0.05, 0) is 32.9 Å². The lowest BCUT2D eigenvalue weighted by molar-refractivity contribution is 0.0302. The van der Waals surface area contributed by atoms with Crippen molar-refractivity contribution >= 4 is 0 Å². The van der Waals surface area contributed by atoms with Crippen LogP contribution in [-0.4, -0.2) is 30.6 Å². The molecule has 1 atom stereocenters. The minimum atomic E-state index is 0.268. The summed E-state index contributed by atoms with van der Waals surface area (Å²) in [5, 5.41) is 0. The van der Waals surface area contributed by atoms with Crippen LogP contribution in [0.2, 0.25) is 0 Å². The van der Waals surface area contributed by atoms with Crippen LogP contribution in [0.25, 0.3) is 0 Å². The van der Waals surface area contributed by atoms with Gasteiger partial charge in [0.25, 0.3) is 0 Å². The first-order valence-corrected chi connectivity index (χ1v) is 7.26. The predicted octanol–water partition coefficient (Wildman–Crippen LogP) is 2.52. The number of nitrogens with zero attached hydrogens (tertiary/aromatic N) is 1. The zero-order chi connectivity index (χ0) is 12.9. The second kappa shape index (κ2) is 6.72. The van der Waals surface area contributed by atoms with Gasteiger partial charge in [-0.15, -0.1) is 0 Å². The zero-order valence-corrected chi connectivity index (χ0v) is 12.1. The van der Waals surface area contributed by atoms with Crippen LogP contribution in [-0.2, 0) is 0 Å². The molecule has 0 aromatic heterocycles. The average molecular weight is 241 g/mol. The van der Waals surface area contributed by atoms with E-state index in [2.05, 4.69) is 38.3 Å². The maximum absolute atomic E-state index is 5.90. The van der Waals surface area contributed by atoms with Gasteiger partial charge in [-0.3, -0.25) is 11.3 Å². The Morgan fingerprint density at radius 1 is 1.12 bits per heavy atom. The van der Waals surface area contributed by atoms with Gasteiger partial charge < -0.3 is 4.90 Å². The summed E-state index contributed by atoms with van der Waals surface area (Å²) in [6.07, 6.45) is 9.06. The molecule has 0 spiro atoms. The molecule has 1 rings (SSSR count). The van der Waals surface area contributed by atoms with Gasteiger partial charge in [0.15, 0.2) is 0 Å². The van der Waals surface area contributed by atoms with E-state index in [1.165, 1.54) is 44.9 Å². The van der Waals surface area contributed by atoms with Crippen LogP contribution < -0.4 is 11.3 Å². The van der Waals surface area contributed by atoms with E-state index in [9.17, 15) is 0 Å². The number of rotatable bonds is 6. The first-order chi connectivity index (χ1) is 8.12. The summed E-state index contributed by atoms with van der Waals surface area (Å²) >= 11 is 0. The highest BCUT2D eigenvalue weighted by molar-refractivity contribution is 5.02. The fourth-order valence-corrected chi connectivity index (χ4v) is 3.69. The second-order valence-electron chi connectivity index (χ2n) is 5.78. The average Bonchev–Trinajstić information content (AvgIpc) is 2.36. The topological polar surface area (TPSA) is 41.3 Å². The highest BCUT2D eigenvalue weighted by Gasteiger charge is 2.43. The zero-order valence-electron chi connectivity index (χ0n) is 12.1. The Morgan fingerprint density at radius 2 is 1.65 bits per heavy atom. The fraction of sp³-hybridized carbons (Fsp3) is 1.00. The van der Waals surface area contributed by atoms with Crippen LogP contribution in [0.3, 0.4) is 0 Å². The number of hydrazine groups is 1. The van der Waals surface area contributed by atoms with Crippen LogP contribution in [0.1, 0.15) is 58.8 Å². The molecule has 17 heavy (non-hydrogen) atoms. The molecular formula is C14H31N3. The van der Waals surface area contributed by atoms with Gasteiger partial charge in [0.05, 0.1) is 0 Å². The number of likely N-dealkylation sites (N-methyl/N-ethyl adjacent to an activating group) is 1. The quantitative estimate of drug-likeness (QED) is 0.554. The Balaban J connectivity index is 2.92. The van der Waals surface area contributed by atoms with E-state index in [0.29, 0.717) is 12.0 Å². The summed E-state index contributed by atoms with van der Waals surface area (Å²) in [4.78, 5) is 2.43. The van der Waals surface area contributed by atoms with Crippen molar-refractivity contribution in [3.8, 4) is 0 Å². The van der Waals surface area contributed by atoms with Crippen molar-refractivity contribution in [3.05, 3.63) is 0 Å². The maximum Gasteiger partial charge on any atom is 0.0422 e. The van der Waals surface area contributed by atoms with E-state index in [1.807, 2.05) is 0 Å². The van der Waals surface area contributed by atoms with E-state index in [-0.39, 0.29) is 5.54 Å². The summed E-state index contributed by atoms with van der Waals surface area (Å²) in [5.74, 6) is 6.58. The molecule has 1 fully saturated rings. The lowest BCUT2D eigenvalue weighted by atomic mass is 9.70. The molecule has 0 bridgehead atoms. The van der Waals surface area contributed by atoms with E-state index in [1.54, 1.807) is 0 Å². The standard InChI is InChI=1S/C14H31N3/c1-5-12(6-2)13(16-15)14(17(3)4)10-8-7-9-11-14/h12-13,16H,5-11,15H2,1-4H3. The predicted molar refractivity (Wildman–Crippen MR) is 74.7 cm³/mol. The Bertz CT molecular complexity index is 206. The summed E-state index contributed by atoms with van der Waals surface area (Å²) in [6.45, 7) is 4.56. The number of nitrogens with one attached hydrogen (secondary N) is 1. The van der Waals surface area contributed by atoms with Crippen LogP contribution in [0.5, 0.6) is 0 Å². The maximum atomic E-state index is 5.90. The Hall–Kier alpha value is -0.120. The van der Waals surface area contributed by atoms with E-state index in [4.69, 9.17) is 5.84 Å². The van der Waals surface area contributed by atoms with Gasteiger partial charge in [-0.2, -0.15) is 0 Å². The molecule has 1 aliphatic rings. The van der Waals surface area contributed by atoms with Crippen LogP contribution >= 0.6 is 0 Å². The van der Waals surface area contributed by atoms with Crippen molar-refractivity contribution in [2.75, 3.05) is 14.1 Å². The minimum Gasteiger partial charge on any atom is -0.302 e. The molecule has 0 radical (unpaired) electrons. The van der Waals surface area contributed by atoms with Crippen molar-refractivity contribution in [1.82, 2.24) is 10.3 Å². The van der Waals surface area contributed by atoms with Gasteiger partial charge in [-0.25, -0.2) is 0 Å². The van der Waals surface area contributed by atoms with Crippen molar-refractivity contribution in [1.29, 1.82) is 0 Å². The lowest BCUT2D eigenvalue weighted by Crippen LogP contribution is -2.64. The third kappa shape index (κ3) is 3.01. The fourth-order valence-electron chi connectivity index (χ4n) is 3.69. The Kier molecular flexibility index (Phi) is 5.90. The molecule has 0 aromatic carbocycles. The van der Waals surface area contributed by atoms with Crippen molar-refractivity contribution in [2.24, 2.45) is 11.8 Å². The summed E-state index contributed by atoms with van der Waals surface area (Å²) in [6, 6.07) is 0.424. The van der Waals surface area contributed by atoms with Crippen molar-refractivity contribution < 1.29 is 0 Å². The molecule has 0 heterocycles. The van der Waals surface area contributed by atoms with E-state index in [0.717, 1.165) is 0 Å².